The number of allylic oxidation sites excluding steroid dienone is 8. The van der Waals surface area contributed by atoms with E-state index < -0.39 is 97.5 Å². The van der Waals surface area contributed by atoms with Gasteiger partial charge in [-0.2, -0.15) is 0 Å². The largest absolute Gasteiger partial charge is 0.472 e. The molecule has 0 spiro atoms. The third-order valence-electron chi connectivity index (χ3n) is 17.7. The second kappa shape index (κ2) is 74.3. The first-order chi connectivity index (χ1) is 48.7. The van der Waals surface area contributed by atoms with Gasteiger partial charge in [0, 0.05) is 25.7 Å². The summed E-state index contributed by atoms with van der Waals surface area (Å²) in [7, 11) is -9.94. The standard InChI is InChI=1S/C81H150O17P2/c1-5-9-13-17-21-25-29-33-37-41-45-49-53-57-61-65-78(83)91-71-76(97-80(85)67-63-59-55-51-47-43-39-35-31-27-23-19-15-11-7-3)73-95-99(87,88)93-69-75(82)70-94-100(89,90)96-74-77(98-81(86)68-64-60-56-52-48-44-40-36-32-28-24-20-16-12-8-4)72-92-79(84)66-62-58-54-50-46-42-38-34-30-26-22-18-14-10-6-2/h25-32,75-77,82H,5-24,33-74H2,1-4H3,(H,87,88)(H,89,90)/b29-25-,30-26-,31-27-,32-28-/t76-,77-/m1/s1. The minimum absolute atomic E-state index is 0.0945. The van der Waals surface area contributed by atoms with Crippen molar-refractivity contribution < 1.29 is 80.2 Å². The average molecular weight is 1460 g/mol. The predicted octanol–water partition coefficient (Wildman–Crippen LogP) is 23.7. The van der Waals surface area contributed by atoms with Crippen LogP contribution in [0.2, 0.25) is 0 Å². The molecule has 100 heavy (non-hydrogen) atoms. The number of unbranched alkanes of at least 4 members (excludes halogenated alkanes) is 44. The van der Waals surface area contributed by atoms with Crippen LogP contribution in [-0.2, 0) is 65.4 Å². The fourth-order valence-corrected chi connectivity index (χ4v) is 13.0. The SMILES string of the molecule is CCCCCC/C=C\CCCCCCCCCC(=O)OC[C@H](COP(=O)(O)OCC(O)COP(=O)(O)OC[C@@H](COC(=O)CCCCCCCCC/C=C\CCCCCC)OC(=O)CCCCCCCCC/C=C\CCCCCC)OC(=O)CCCCCCCCC/C=C\CCCCCC. The Hall–Kier alpha value is -2.98. The molecule has 2 unspecified atom stereocenters. The summed E-state index contributed by atoms with van der Waals surface area (Å²) in [5, 5.41) is 10.6. The molecule has 0 aliphatic rings. The number of hydrogen-bond acceptors (Lipinski definition) is 15. The number of phosphoric ester groups is 2. The summed E-state index contributed by atoms with van der Waals surface area (Å²) < 4.78 is 68.7. The number of phosphoric acid groups is 2. The lowest BCUT2D eigenvalue weighted by molar-refractivity contribution is -0.161. The van der Waals surface area contributed by atoms with Gasteiger partial charge in [-0.25, -0.2) is 9.13 Å². The van der Waals surface area contributed by atoms with E-state index in [4.69, 9.17) is 37.0 Å². The molecule has 3 N–H and O–H groups in total. The van der Waals surface area contributed by atoms with Gasteiger partial charge in [0.25, 0.3) is 0 Å². The van der Waals surface area contributed by atoms with Gasteiger partial charge in [-0.3, -0.25) is 37.3 Å². The third-order valence-corrected chi connectivity index (χ3v) is 19.6. The molecule has 0 aliphatic carbocycles. The molecule has 17 nitrogen and oxygen atoms in total. The normalized spacial score (nSPS) is 14.1. The number of aliphatic hydroxyl groups is 1. The van der Waals surface area contributed by atoms with Crippen LogP contribution in [0.1, 0.15) is 387 Å². The van der Waals surface area contributed by atoms with Crippen LogP contribution in [0.25, 0.3) is 0 Å². The van der Waals surface area contributed by atoms with E-state index in [0.29, 0.717) is 25.7 Å². The Morgan fingerprint density at radius 2 is 0.460 bits per heavy atom. The van der Waals surface area contributed by atoms with Crippen molar-refractivity contribution in [1.29, 1.82) is 0 Å². The topological polar surface area (TPSA) is 237 Å². The first kappa shape index (κ1) is 97.0. The fourth-order valence-electron chi connectivity index (χ4n) is 11.4. The molecule has 0 aromatic carbocycles. The quantitative estimate of drug-likeness (QED) is 0.0169. The number of ether oxygens (including phenoxy) is 4. The fraction of sp³-hybridized carbons (Fsp3) is 0.852. The molecule has 0 saturated carbocycles. The summed E-state index contributed by atoms with van der Waals surface area (Å²) in [6.07, 6.45) is 72.1. The lowest BCUT2D eigenvalue weighted by Crippen LogP contribution is -2.30. The molecule has 0 rings (SSSR count). The van der Waals surface area contributed by atoms with E-state index in [9.17, 15) is 43.2 Å². The summed E-state index contributed by atoms with van der Waals surface area (Å²) in [6, 6.07) is 0. The van der Waals surface area contributed by atoms with E-state index in [-0.39, 0.29) is 25.7 Å². The minimum atomic E-state index is -4.97. The van der Waals surface area contributed by atoms with E-state index in [2.05, 4.69) is 76.3 Å². The second-order valence-electron chi connectivity index (χ2n) is 27.7. The summed E-state index contributed by atoms with van der Waals surface area (Å²) in [5.74, 6) is -2.15. The van der Waals surface area contributed by atoms with E-state index in [1.807, 2.05) is 0 Å². The highest BCUT2D eigenvalue weighted by molar-refractivity contribution is 7.47. The first-order valence-electron chi connectivity index (χ1n) is 40.9. The predicted molar refractivity (Wildman–Crippen MR) is 409 cm³/mol. The van der Waals surface area contributed by atoms with E-state index in [1.54, 1.807) is 0 Å². The Morgan fingerprint density at radius 3 is 0.690 bits per heavy atom. The first-order valence-corrected chi connectivity index (χ1v) is 43.9. The van der Waals surface area contributed by atoms with Gasteiger partial charge in [-0.05, 0) is 128 Å². The molecule has 19 heteroatoms. The number of esters is 4. The zero-order valence-corrected chi connectivity index (χ0v) is 65.9. The highest BCUT2D eigenvalue weighted by Crippen LogP contribution is 2.45. The van der Waals surface area contributed by atoms with E-state index >= 15 is 0 Å². The summed E-state index contributed by atoms with van der Waals surface area (Å²) in [5.41, 5.74) is 0. The van der Waals surface area contributed by atoms with Crippen LogP contribution in [0, 0.1) is 0 Å². The van der Waals surface area contributed by atoms with Crippen LogP contribution in [0.4, 0.5) is 0 Å². The Labute approximate surface area is 610 Å². The molecule has 0 radical (unpaired) electrons. The average Bonchev–Trinajstić information content (AvgIpc) is 1.01. The maximum Gasteiger partial charge on any atom is 0.472 e. The molecule has 0 fully saturated rings. The van der Waals surface area contributed by atoms with Crippen molar-refractivity contribution in [3.63, 3.8) is 0 Å². The van der Waals surface area contributed by atoms with Gasteiger partial charge in [0.05, 0.1) is 26.4 Å². The van der Waals surface area contributed by atoms with Crippen LogP contribution >= 0.6 is 15.6 Å². The molecule has 4 atom stereocenters. The van der Waals surface area contributed by atoms with Crippen LogP contribution in [0.5, 0.6) is 0 Å². The van der Waals surface area contributed by atoms with Crippen molar-refractivity contribution in [1.82, 2.24) is 0 Å². The number of hydrogen-bond donors (Lipinski definition) is 3. The molecule has 0 aliphatic heterocycles. The van der Waals surface area contributed by atoms with Crippen molar-refractivity contribution in [2.45, 2.75) is 406 Å². The van der Waals surface area contributed by atoms with Crippen LogP contribution in [0.15, 0.2) is 48.6 Å². The summed E-state index contributed by atoms with van der Waals surface area (Å²) in [4.78, 5) is 73.0. The number of rotatable bonds is 78. The Morgan fingerprint density at radius 1 is 0.270 bits per heavy atom. The molecule has 0 saturated heterocycles. The second-order valence-corrected chi connectivity index (χ2v) is 30.6. The van der Waals surface area contributed by atoms with Crippen molar-refractivity contribution in [3.05, 3.63) is 48.6 Å². The highest BCUT2D eigenvalue weighted by Gasteiger charge is 2.30. The molecule has 0 aromatic heterocycles. The monoisotopic (exact) mass is 1460 g/mol. The Bertz CT molecular complexity index is 1940. The molecule has 0 amide bonds. The number of aliphatic hydroxyl groups excluding tert-OH is 1. The van der Waals surface area contributed by atoms with Crippen LogP contribution < -0.4 is 0 Å². The maximum absolute atomic E-state index is 13.1. The molecular formula is C81H150O17P2. The highest BCUT2D eigenvalue weighted by atomic mass is 31.2. The van der Waals surface area contributed by atoms with Gasteiger partial charge in [-0.15, -0.1) is 0 Å². The molecule has 586 valence electrons. The zero-order chi connectivity index (χ0) is 73.2. The summed E-state index contributed by atoms with van der Waals surface area (Å²) in [6.45, 7) is 4.90. The van der Waals surface area contributed by atoms with Gasteiger partial charge >= 0.3 is 39.5 Å². The van der Waals surface area contributed by atoms with Crippen molar-refractivity contribution in [2.75, 3.05) is 39.6 Å². The van der Waals surface area contributed by atoms with Crippen LogP contribution in [0.3, 0.4) is 0 Å². The smallest absolute Gasteiger partial charge is 0.462 e. The van der Waals surface area contributed by atoms with Gasteiger partial charge in [-0.1, -0.05) is 282 Å². The van der Waals surface area contributed by atoms with Gasteiger partial charge in [0.15, 0.2) is 12.2 Å². The molecule has 0 aromatic rings. The van der Waals surface area contributed by atoms with Crippen molar-refractivity contribution in [2.24, 2.45) is 0 Å². The molecule has 0 heterocycles. The Kier molecular flexibility index (Phi) is 72.1. The third kappa shape index (κ3) is 73.3. The van der Waals surface area contributed by atoms with Crippen molar-refractivity contribution in [3.8, 4) is 0 Å². The lowest BCUT2D eigenvalue weighted by Gasteiger charge is -2.21. The number of carbonyl (C=O) groups excluding carboxylic acids is 4. The van der Waals surface area contributed by atoms with E-state index in [0.717, 1.165) is 180 Å². The lowest BCUT2D eigenvalue weighted by atomic mass is 10.1. The van der Waals surface area contributed by atoms with Crippen molar-refractivity contribution >= 4 is 39.5 Å². The zero-order valence-electron chi connectivity index (χ0n) is 64.1. The van der Waals surface area contributed by atoms with Gasteiger partial charge in [0.2, 0.25) is 0 Å². The van der Waals surface area contributed by atoms with E-state index in [1.165, 1.54) is 128 Å². The van der Waals surface area contributed by atoms with Gasteiger partial charge in [0.1, 0.15) is 19.3 Å². The molecular weight excluding hydrogens is 1310 g/mol. The number of carbonyl (C=O) groups is 4. The van der Waals surface area contributed by atoms with Crippen LogP contribution in [-0.4, -0.2) is 96.7 Å². The minimum Gasteiger partial charge on any atom is -0.462 e. The maximum atomic E-state index is 13.1. The summed E-state index contributed by atoms with van der Waals surface area (Å²) >= 11 is 0. The van der Waals surface area contributed by atoms with Gasteiger partial charge < -0.3 is 33.8 Å². The Balaban J connectivity index is 5.33. The molecule has 0 bridgehead atoms.